The van der Waals surface area contributed by atoms with Crippen LogP contribution in [-0.4, -0.2) is 18.5 Å². The van der Waals surface area contributed by atoms with Gasteiger partial charge in [0.2, 0.25) is 5.91 Å². The van der Waals surface area contributed by atoms with Gasteiger partial charge in [0.25, 0.3) is 0 Å². The van der Waals surface area contributed by atoms with Crippen molar-refractivity contribution in [3.8, 4) is 0 Å². The van der Waals surface area contributed by atoms with Crippen molar-refractivity contribution in [2.45, 2.75) is 26.3 Å². The first-order valence-corrected chi connectivity index (χ1v) is 7.18. The maximum absolute atomic E-state index is 13.1. The third-order valence-corrected chi connectivity index (χ3v) is 4.07. The summed E-state index contributed by atoms with van der Waals surface area (Å²) < 4.78 is 18.8. The molecule has 1 aromatic rings. The van der Waals surface area contributed by atoms with Crippen LogP contribution in [0.5, 0.6) is 0 Å². The van der Waals surface area contributed by atoms with Crippen LogP contribution in [0.2, 0.25) is 0 Å². The highest BCUT2D eigenvalue weighted by Crippen LogP contribution is 2.47. The molecule has 108 valence electrons. The third kappa shape index (κ3) is 3.00. The van der Waals surface area contributed by atoms with E-state index in [1.165, 1.54) is 12.1 Å². The zero-order chi connectivity index (χ0) is 14.8. The number of hydrogen-bond acceptors (Lipinski definition) is 3. The van der Waals surface area contributed by atoms with Crippen LogP contribution in [0.25, 0.3) is 0 Å². The summed E-state index contributed by atoms with van der Waals surface area (Å²) in [6, 6.07) is 4.25. The van der Waals surface area contributed by atoms with Crippen molar-refractivity contribution in [2.75, 3.05) is 6.61 Å². The van der Waals surface area contributed by atoms with Gasteiger partial charge in [-0.3, -0.25) is 9.59 Å². The number of amides is 1. The van der Waals surface area contributed by atoms with E-state index in [9.17, 15) is 14.0 Å². The van der Waals surface area contributed by atoms with Gasteiger partial charge in [0.1, 0.15) is 11.2 Å². The summed E-state index contributed by atoms with van der Waals surface area (Å²) in [4.78, 5) is 23.8. The molecule has 6 heteroatoms. The summed E-state index contributed by atoms with van der Waals surface area (Å²) in [6.45, 7) is 2.12. The van der Waals surface area contributed by atoms with Crippen LogP contribution >= 0.6 is 15.9 Å². The first-order valence-electron chi connectivity index (χ1n) is 6.39. The summed E-state index contributed by atoms with van der Waals surface area (Å²) in [6.07, 6.45) is 1.00. The Kier molecular flexibility index (Phi) is 4.42. The lowest BCUT2D eigenvalue weighted by Gasteiger charge is -2.14. The molecule has 1 amide bonds. The van der Waals surface area contributed by atoms with Crippen molar-refractivity contribution < 1.29 is 18.7 Å². The first kappa shape index (κ1) is 15.0. The Morgan fingerprint density at radius 3 is 2.75 bits per heavy atom. The fourth-order valence-electron chi connectivity index (χ4n) is 1.94. The lowest BCUT2D eigenvalue weighted by Crippen LogP contribution is -2.37. The van der Waals surface area contributed by atoms with Crippen molar-refractivity contribution >= 4 is 27.8 Å². The Morgan fingerprint density at radius 2 is 2.15 bits per heavy atom. The minimum atomic E-state index is -1.03. The van der Waals surface area contributed by atoms with E-state index in [0.29, 0.717) is 22.9 Å². The molecular weight excluding hydrogens is 329 g/mol. The molecule has 4 nitrogen and oxygen atoms in total. The molecule has 1 saturated carbocycles. The standard InChI is InChI=1S/C14H15BrFNO3/c1-2-20-13(19)14(5-6-14)12(18)17-8-9-7-10(16)3-4-11(9)15/h3-4,7H,2,5-6,8H2,1H3,(H,17,18). The zero-order valence-electron chi connectivity index (χ0n) is 11.0. The van der Waals surface area contributed by atoms with Crippen LogP contribution in [0.1, 0.15) is 25.3 Å². The lowest BCUT2D eigenvalue weighted by atomic mass is 10.1. The molecule has 0 bridgehead atoms. The molecule has 2 rings (SSSR count). The highest BCUT2D eigenvalue weighted by molar-refractivity contribution is 9.10. The highest BCUT2D eigenvalue weighted by atomic mass is 79.9. The van der Waals surface area contributed by atoms with Gasteiger partial charge in [0.15, 0.2) is 0 Å². The predicted molar refractivity (Wildman–Crippen MR) is 74.2 cm³/mol. The van der Waals surface area contributed by atoms with Crippen molar-refractivity contribution in [1.82, 2.24) is 5.32 Å². The molecule has 0 atom stereocenters. The van der Waals surface area contributed by atoms with E-state index in [2.05, 4.69) is 21.2 Å². The van der Waals surface area contributed by atoms with Gasteiger partial charge in [-0.25, -0.2) is 4.39 Å². The highest BCUT2D eigenvalue weighted by Gasteiger charge is 2.57. The van der Waals surface area contributed by atoms with Gasteiger partial charge in [0, 0.05) is 11.0 Å². The first-order chi connectivity index (χ1) is 9.49. The third-order valence-electron chi connectivity index (χ3n) is 3.30. The summed E-state index contributed by atoms with van der Waals surface area (Å²) in [7, 11) is 0. The molecule has 1 aliphatic rings. The van der Waals surface area contributed by atoms with E-state index < -0.39 is 11.4 Å². The van der Waals surface area contributed by atoms with Gasteiger partial charge in [-0.1, -0.05) is 15.9 Å². The van der Waals surface area contributed by atoms with E-state index in [-0.39, 0.29) is 24.9 Å². The van der Waals surface area contributed by atoms with Gasteiger partial charge < -0.3 is 10.1 Å². The number of halogens is 2. The second kappa shape index (κ2) is 5.91. The number of carbonyl (C=O) groups is 2. The van der Waals surface area contributed by atoms with Crippen LogP contribution in [0.15, 0.2) is 22.7 Å². The summed E-state index contributed by atoms with van der Waals surface area (Å²) in [5.74, 6) is -1.20. The lowest BCUT2D eigenvalue weighted by molar-refractivity contribution is -0.154. The van der Waals surface area contributed by atoms with E-state index in [4.69, 9.17) is 4.74 Å². The van der Waals surface area contributed by atoms with Gasteiger partial charge in [-0.2, -0.15) is 0 Å². The molecule has 1 fully saturated rings. The van der Waals surface area contributed by atoms with Gasteiger partial charge in [-0.05, 0) is 43.5 Å². The van der Waals surface area contributed by atoms with Gasteiger partial charge in [-0.15, -0.1) is 0 Å². The zero-order valence-corrected chi connectivity index (χ0v) is 12.6. The second-order valence-electron chi connectivity index (χ2n) is 4.72. The maximum atomic E-state index is 13.1. The fourth-order valence-corrected chi connectivity index (χ4v) is 2.33. The molecule has 0 spiro atoms. The number of carbonyl (C=O) groups excluding carboxylic acids is 2. The topological polar surface area (TPSA) is 55.4 Å². The van der Waals surface area contributed by atoms with E-state index in [0.717, 1.165) is 0 Å². The molecule has 0 aromatic heterocycles. The number of esters is 1. The summed E-state index contributed by atoms with van der Waals surface area (Å²) >= 11 is 3.29. The molecule has 0 aliphatic heterocycles. The van der Waals surface area contributed by atoms with Crippen LogP contribution in [0.3, 0.4) is 0 Å². The molecule has 20 heavy (non-hydrogen) atoms. The van der Waals surface area contributed by atoms with Gasteiger partial charge in [0.05, 0.1) is 6.61 Å². The Labute approximate surface area is 124 Å². The molecular formula is C14H15BrFNO3. The normalized spacial score (nSPS) is 15.6. The quantitative estimate of drug-likeness (QED) is 0.660. The number of hydrogen-bond donors (Lipinski definition) is 1. The molecule has 0 unspecified atom stereocenters. The van der Waals surface area contributed by atoms with E-state index in [1.807, 2.05) is 0 Å². The molecule has 1 N–H and O–H groups in total. The molecule has 0 radical (unpaired) electrons. The molecule has 0 saturated heterocycles. The molecule has 1 aliphatic carbocycles. The Balaban J connectivity index is 1.99. The minimum absolute atomic E-state index is 0.165. The largest absolute Gasteiger partial charge is 0.465 e. The second-order valence-corrected chi connectivity index (χ2v) is 5.58. The van der Waals surface area contributed by atoms with E-state index >= 15 is 0 Å². The van der Waals surface area contributed by atoms with Crippen LogP contribution in [0.4, 0.5) is 4.39 Å². The number of rotatable bonds is 5. The van der Waals surface area contributed by atoms with Crippen molar-refractivity contribution in [3.05, 3.63) is 34.1 Å². The average Bonchev–Trinajstić information content (AvgIpc) is 3.21. The smallest absolute Gasteiger partial charge is 0.321 e. The number of nitrogens with one attached hydrogen (secondary N) is 1. The number of ether oxygens (including phenoxy) is 1. The van der Waals surface area contributed by atoms with Gasteiger partial charge >= 0.3 is 5.97 Å². The Bertz CT molecular complexity index is 543. The Morgan fingerprint density at radius 1 is 1.45 bits per heavy atom. The van der Waals surface area contributed by atoms with Crippen molar-refractivity contribution in [3.63, 3.8) is 0 Å². The summed E-state index contributed by atoms with van der Waals surface area (Å²) in [5, 5.41) is 2.67. The molecule has 1 aromatic carbocycles. The van der Waals surface area contributed by atoms with Crippen molar-refractivity contribution in [1.29, 1.82) is 0 Å². The fraction of sp³-hybridized carbons (Fsp3) is 0.429. The average molecular weight is 344 g/mol. The monoisotopic (exact) mass is 343 g/mol. The van der Waals surface area contributed by atoms with Crippen LogP contribution in [-0.2, 0) is 20.9 Å². The molecule has 0 heterocycles. The summed E-state index contributed by atoms with van der Waals surface area (Å²) in [5.41, 5.74) is -0.409. The number of benzene rings is 1. The maximum Gasteiger partial charge on any atom is 0.321 e. The Hall–Kier alpha value is -1.43. The predicted octanol–water partition coefficient (Wildman–Crippen LogP) is 2.55. The SMILES string of the molecule is CCOC(=O)C1(C(=O)NCc2cc(F)ccc2Br)CC1. The minimum Gasteiger partial charge on any atom is -0.465 e. The van der Waals surface area contributed by atoms with Crippen LogP contribution < -0.4 is 5.32 Å². The van der Waals surface area contributed by atoms with E-state index in [1.54, 1.807) is 13.0 Å². The van der Waals surface area contributed by atoms with Crippen LogP contribution in [0, 0.1) is 11.2 Å². The van der Waals surface area contributed by atoms with Crippen molar-refractivity contribution in [2.24, 2.45) is 5.41 Å².